The van der Waals surface area contributed by atoms with Crippen molar-refractivity contribution in [2.24, 2.45) is 0 Å². The Kier molecular flexibility index (Phi) is 5.70. The number of hydrogen-bond acceptors (Lipinski definition) is 2. The third kappa shape index (κ3) is 3.87. The van der Waals surface area contributed by atoms with Gasteiger partial charge >= 0.3 is 0 Å². The van der Waals surface area contributed by atoms with E-state index in [2.05, 4.69) is 52.0 Å². The van der Waals surface area contributed by atoms with Crippen molar-refractivity contribution >= 4 is 10.8 Å². The molecular weight excluding hydrogens is 284 g/mol. The monoisotopic (exact) mass is 312 g/mol. The summed E-state index contributed by atoms with van der Waals surface area (Å²) in [6.07, 6.45) is 5.15. The maximum atomic E-state index is 10.4. The van der Waals surface area contributed by atoms with Crippen LogP contribution in [0.2, 0.25) is 0 Å². The average Bonchev–Trinajstić information content (AvgIpc) is 2.52. The Morgan fingerprint density at radius 3 is 2.57 bits per heavy atom. The van der Waals surface area contributed by atoms with Gasteiger partial charge in [-0.25, -0.2) is 0 Å². The summed E-state index contributed by atoms with van der Waals surface area (Å²) in [4.78, 5) is 0. The third-order valence-electron chi connectivity index (χ3n) is 4.19. The van der Waals surface area contributed by atoms with E-state index in [1.54, 1.807) is 0 Å². The molecule has 2 aromatic rings. The molecule has 0 amide bonds. The van der Waals surface area contributed by atoms with Crippen LogP contribution in [0.3, 0.4) is 0 Å². The summed E-state index contributed by atoms with van der Waals surface area (Å²) in [7, 11) is 0. The Morgan fingerprint density at radius 2 is 1.96 bits per heavy atom. The third-order valence-corrected chi connectivity index (χ3v) is 4.19. The van der Waals surface area contributed by atoms with Crippen LogP contribution in [-0.2, 0) is 6.42 Å². The fourth-order valence-corrected chi connectivity index (χ4v) is 2.81. The molecule has 1 N–H and O–H groups in total. The predicted octanol–water partition coefficient (Wildman–Crippen LogP) is 6.31. The highest BCUT2D eigenvalue weighted by atomic mass is 16.5. The molecule has 0 unspecified atom stereocenters. The number of aryl methyl sites for hydroxylation is 1. The number of ether oxygens (including phenoxy) is 1. The SMILES string of the molecule is CCC/C=C(/C)Oc1c(CC)ccc2cc(C(C)C)c(O)cc12. The molecule has 0 saturated heterocycles. The zero-order valence-corrected chi connectivity index (χ0v) is 14.9. The first-order valence-corrected chi connectivity index (χ1v) is 8.61. The molecule has 23 heavy (non-hydrogen) atoms. The molecule has 0 aliphatic heterocycles. The Bertz CT molecular complexity index is 711. The lowest BCUT2D eigenvalue weighted by molar-refractivity contribution is 0.424. The molecule has 0 fully saturated rings. The molecule has 0 heterocycles. The quantitative estimate of drug-likeness (QED) is 0.633. The molecule has 0 atom stereocenters. The lowest BCUT2D eigenvalue weighted by Crippen LogP contribution is -1.97. The number of aromatic hydroxyl groups is 1. The Balaban J connectivity index is 2.58. The lowest BCUT2D eigenvalue weighted by Gasteiger charge is -2.16. The van der Waals surface area contributed by atoms with Gasteiger partial charge in [-0.05, 0) is 60.4 Å². The number of benzene rings is 2. The van der Waals surface area contributed by atoms with E-state index in [-0.39, 0.29) is 0 Å². The van der Waals surface area contributed by atoms with E-state index in [1.807, 2.05) is 13.0 Å². The molecule has 0 bridgehead atoms. The van der Waals surface area contributed by atoms with Gasteiger partial charge in [0.05, 0.1) is 5.76 Å². The first-order chi connectivity index (χ1) is 11.0. The standard InChI is InChI=1S/C21H28O2/c1-6-8-9-15(5)23-21-16(7-2)10-11-17-12-18(14(3)4)20(22)13-19(17)21/h9-14,22H,6-8H2,1-5H3/b15-9-. The van der Waals surface area contributed by atoms with Crippen LogP contribution in [0, 0.1) is 0 Å². The molecule has 0 radical (unpaired) electrons. The smallest absolute Gasteiger partial charge is 0.138 e. The van der Waals surface area contributed by atoms with Crippen molar-refractivity contribution in [1.29, 1.82) is 0 Å². The first kappa shape index (κ1) is 17.4. The van der Waals surface area contributed by atoms with E-state index in [1.165, 1.54) is 5.56 Å². The highest BCUT2D eigenvalue weighted by Gasteiger charge is 2.14. The maximum Gasteiger partial charge on any atom is 0.138 e. The van der Waals surface area contributed by atoms with Crippen LogP contribution in [0.1, 0.15) is 64.5 Å². The van der Waals surface area contributed by atoms with Gasteiger partial charge in [0.25, 0.3) is 0 Å². The number of hydrogen-bond donors (Lipinski definition) is 1. The second-order valence-electron chi connectivity index (χ2n) is 6.40. The van der Waals surface area contributed by atoms with E-state index >= 15 is 0 Å². The van der Waals surface area contributed by atoms with E-state index in [9.17, 15) is 5.11 Å². The van der Waals surface area contributed by atoms with Gasteiger partial charge in [-0.1, -0.05) is 46.2 Å². The number of allylic oxidation sites excluding steroid dienone is 2. The highest BCUT2D eigenvalue weighted by Crippen LogP contribution is 2.37. The number of unbranched alkanes of at least 4 members (excludes halogenated alkanes) is 1. The molecule has 2 heteroatoms. The second kappa shape index (κ2) is 7.54. The van der Waals surface area contributed by atoms with Gasteiger partial charge in [-0.15, -0.1) is 0 Å². The minimum absolute atomic E-state index is 0.292. The number of rotatable bonds is 6. The Morgan fingerprint density at radius 1 is 1.22 bits per heavy atom. The Labute approximate surface area is 139 Å². The molecule has 0 aliphatic rings. The Hall–Kier alpha value is -1.96. The van der Waals surface area contributed by atoms with E-state index in [0.717, 1.165) is 47.1 Å². The largest absolute Gasteiger partial charge is 0.508 e. The van der Waals surface area contributed by atoms with Crippen LogP contribution in [0.25, 0.3) is 10.8 Å². The first-order valence-electron chi connectivity index (χ1n) is 8.61. The molecule has 0 aliphatic carbocycles. The van der Waals surface area contributed by atoms with Gasteiger partial charge < -0.3 is 9.84 Å². The summed E-state index contributed by atoms with van der Waals surface area (Å²) in [6, 6.07) is 8.18. The minimum Gasteiger partial charge on any atom is -0.508 e. The number of phenols is 1. The fraction of sp³-hybridized carbons (Fsp3) is 0.429. The van der Waals surface area contributed by atoms with Gasteiger partial charge in [0.15, 0.2) is 0 Å². The summed E-state index contributed by atoms with van der Waals surface area (Å²) in [5.74, 6) is 2.43. The van der Waals surface area contributed by atoms with Gasteiger partial charge in [0.1, 0.15) is 11.5 Å². The van der Waals surface area contributed by atoms with Crippen molar-refractivity contribution < 1.29 is 9.84 Å². The van der Waals surface area contributed by atoms with Crippen molar-refractivity contribution in [3.05, 3.63) is 47.2 Å². The zero-order valence-electron chi connectivity index (χ0n) is 14.9. The van der Waals surface area contributed by atoms with Crippen LogP contribution >= 0.6 is 0 Å². The summed E-state index contributed by atoms with van der Waals surface area (Å²) < 4.78 is 6.16. The van der Waals surface area contributed by atoms with E-state index in [0.29, 0.717) is 11.7 Å². The summed E-state index contributed by atoms with van der Waals surface area (Å²) >= 11 is 0. The predicted molar refractivity (Wildman–Crippen MR) is 98.4 cm³/mol. The number of fused-ring (bicyclic) bond motifs is 1. The lowest BCUT2D eigenvalue weighted by atomic mass is 9.96. The van der Waals surface area contributed by atoms with Gasteiger partial charge in [0, 0.05) is 5.39 Å². The van der Waals surface area contributed by atoms with Gasteiger partial charge in [0.2, 0.25) is 0 Å². The number of phenolic OH excluding ortho intramolecular Hbond substituents is 1. The summed E-state index contributed by atoms with van der Waals surface area (Å²) in [6.45, 7) is 10.5. The molecule has 2 aromatic carbocycles. The van der Waals surface area contributed by atoms with Crippen molar-refractivity contribution in [3.8, 4) is 11.5 Å². The minimum atomic E-state index is 0.292. The maximum absolute atomic E-state index is 10.4. The van der Waals surface area contributed by atoms with Gasteiger partial charge in [-0.3, -0.25) is 0 Å². The summed E-state index contributed by atoms with van der Waals surface area (Å²) in [5, 5.41) is 12.5. The molecule has 0 aromatic heterocycles. The van der Waals surface area contributed by atoms with Crippen molar-refractivity contribution in [1.82, 2.24) is 0 Å². The molecule has 2 nitrogen and oxygen atoms in total. The second-order valence-corrected chi connectivity index (χ2v) is 6.40. The van der Waals surface area contributed by atoms with Crippen molar-refractivity contribution in [2.75, 3.05) is 0 Å². The van der Waals surface area contributed by atoms with Crippen molar-refractivity contribution in [2.45, 2.75) is 59.8 Å². The molecule has 0 spiro atoms. The van der Waals surface area contributed by atoms with Crippen LogP contribution < -0.4 is 4.74 Å². The van der Waals surface area contributed by atoms with Crippen molar-refractivity contribution in [3.63, 3.8) is 0 Å². The molecule has 0 saturated carbocycles. The molecular formula is C21H28O2. The van der Waals surface area contributed by atoms with Crippen LogP contribution in [0.15, 0.2) is 36.1 Å². The van der Waals surface area contributed by atoms with Crippen LogP contribution in [0.4, 0.5) is 0 Å². The van der Waals surface area contributed by atoms with Crippen LogP contribution in [0.5, 0.6) is 11.5 Å². The normalized spacial score (nSPS) is 12.2. The van der Waals surface area contributed by atoms with E-state index < -0.39 is 0 Å². The summed E-state index contributed by atoms with van der Waals surface area (Å²) in [5.41, 5.74) is 2.14. The topological polar surface area (TPSA) is 29.5 Å². The van der Waals surface area contributed by atoms with Crippen LogP contribution in [-0.4, -0.2) is 5.11 Å². The van der Waals surface area contributed by atoms with E-state index in [4.69, 9.17) is 4.74 Å². The average molecular weight is 312 g/mol. The fourth-order valence-electron chi connectivity index (χ4n) is 2.81. The van der Waals surface area contributed by atoms with Gasteiger partial charge in [-0.2, -0.15) is 0 Å². The molecule has 2 rings (SSSR count). The molecule has 124 valence electrons. The highest BCUT2D eigenvalue weighted by molar-refractivity contribution is 5.91. The zero-order chi connectivity index (χ0) is 17.0.